The Hall–Kier alpha value is -2.73. The Kier molecular flexibility index (Phi) is 7.76. The first-order valence-corrected chi connectivity index (χ1v) is 10.4. The zero-order valence-electron chi connectivity index (χ0n) is 17.6. The van der Waals surface area contributed by atoms with Crippen LogP contribution in [0.1, 0.15) is 25.0 Å². The summed E-state index contributed by atoms with van der Waals surface area (Å²) in [6, 6.07) is 16.3. The van der Waals surface area contributed by atoms with Crippen molar-refractivity contribution >= 4 is 5.96 Å². The van der Waals surface area contributed by atoms with Crippen molar-refractivity contribution in [1.29, 1.82) is 0 Å². The van der Waals surface area contributed by atoms with E-state index in [1.807, 2.05) is 24.3 Å². The van der Waals surface area contributed by atoms with Gasteiger partial charge in [0.1, 0.15) is 12.7 Å². The number of fused-ring (bicyclic) bond motifs is 1. The van der Waals surface area contributed by atoms with Gasteiger partial charge in [0.2, 0.25) is 0 Å². The number of nitrogens with zero attached hydrogens (tertiary/aromatic N) is 2. The Morgan fingerprint density at radius 2 is 1.69 bits per heavy atom. The topological polar surface area (TPSA) is 58.1 Å². The van der Waals surface area contributed by atoms with Crippen molar-refractivity contribution in [1.82, 2.24) is 15.5 Å². The number of rotatable bonds is 8. The van der Waals surface area contributed by atoms with Crippen molar-refractivity contribution in [3.05, 3.63) is 59.7 Å². The molecule has 0 fully saturated rings. The fourth-order valence-corrected chi connectivity index (χ4v) is 3.35. The normalized spacial score (nSPS) is 16.0. The molecule has 0 radical (unpaired) electrons. The predicted molar refractivity (Wildman–Crippen MR) is 118 cm³/mol. The largest absolute Gasteiger partial charge is 0.486 e. The van der Waals surface area contributed by atoms with Crippen LogP contribution in [0.3, 0.4) is 0 Å². The van der Waals surface area contributed by atoms with Crippen LogP contribution in [0.5, 0.6) is 11.5 Å². The Bertz CT molecular complexity index is 805. The molecule has 1 heterocycles. The highest BCUT2D eigenvalue weighted by Crippen LogP contribution is 2.30. The van der Waals surface area contributed by atoms with Gasteiger partial charge in [0.25, 0.3) is 0 Å². The van der Waals surface area contributed by atoms with Crippen LogP contribution in [0.15, 0.2) is 53.5 Å². The number of aliphatic imine (C=N–C) groups is 1. The van der Waals surface area contributed by atoms with E-state index in [4.69, 9.17) is 9.47 Å². The summed E-state index contributed by atoms with van der Waals surface area (Å²) in [7, 11) is 1.78. The molecule has 1 aliphatic heterocycles. The summed E-state index contributed by atoms with van der Waals surface area (Å²) in [5, 5.41) is 6.76. The molecule has 1 unspecified atom stereocenters. The highest BCUT2D eigenvalue weighted by molar-refractivity contribution is 5.79. The summed E-state index contributed by atoms with van der Waals surface area (Å²) in [6.07, 6.45) is -0.0570. The second-order valence-corrected chi connectivity index (χ2v) is 7.03. The van der Waals surface area contributed by atoms with E-state index in [1.165, 1.54) is 11.1 Å². The molecule has 0 amide bonds. The smallest absolute Gasteiger partial charge is 0.191 e. The Morgan fingerprint density at radius 1 is 1.00 bits per heavy atom. The molecule has 0 saturated heterocycles. The lowest BCUT2D eigenvalue weighted by atomic mass is 10.1. The van der Waals surface area contributed by atoms with Crippen LogP contribution in [-0.2, 0) is 13.1 Å². The molecule has 0 saturated carbocycles. The molecule has 0 aliphatic carbocycles. The molecule has 3 rings (SSSR count). The highest BCUT2D eigenvalue weighted by atomic mass is 16.6. The van der Waals surface area contributed by atoms with Crippen LogP contribution in [0, 0.1) is 0 Å². The van der Waals surface area contributed by atoms with Gasteiger partial charge in [-0.3, -0.25) is 9.89 Å². The van der Waals surface area contributed by atoms with Crippen molar-refractivity contribution in [2.75, 3.05) is 33.3 Å². The Morgan fingerprint density at radius 3 is 2.41 bits per heavy atom. The summed E-state index contributed by atoms with van der Waals surface area (Å²) in [6.45, 7) is 9.33. The highest BCUT2D eigenvalue weighted by Gasteiger charge is 2.20. The van der Waals surface area contributed by atoms with Crippen molar-refractivity contribution < 1.29 is 9.47 Å². The Balaban J connectivity index is 1.51. The zero-order chi connectivity index (χ0) is 20.5. The first kappa shape index (κ1) is 21.0. The first-order chi connectivity index (χ1) is 14.2. The van der Waals surface area contributed by atoms with Gasteiger partial charge in [0.15, 0.2) is 17.5 Å². The fourth-order valence-electron chi connectivity index (χ4n) is 3.35. The molecule has 0 aromatic heterocycles. The third-order valence-corrected chi connectivity index (χ3v) is 5.14. The van der Waals surface area contributed by atoms with Crippen molar-refractivity contribution in [2.45, 2.75) is 33.0 Å². The van der Waals surface area contributed by atoms with Crippen LogP contribution < -0.4 is 20.1 Å². The summed E-state index contributed by atoms with van der Waals surface area (Å²) in [5.74, 6) is 2.35. The van der Waals surface area contributed by atoms with Crippen molar-refractivity contribution in [3.63, 3.8) is 0 Å². The summed E-state index contributed by atoms with van der Waals surface area (Å²) in [4.78, 5) is 6.76. The number of hydrogen-bond acceptors (Lipinski definition) is 4. The molecule has 2 N–H and O–H groups in total. The summed E-state index contributed by atoms with van der Waals surface area (Å²) < 4.78 is 11.8. The van der Waals surface area contributed by atoms with E-state index in [2.05, 4.69) is 58.6 Å². The standard InChI is InChI=1S/C23H32N4O2/c1-4-27(5-2)16-19-11-7-6-10-18(19)14-25-23(24-3)26-15-20-17-28-21-12-8-9-13-22(21)29-20/h6-13,20H,4-5,14-17H2,1-3H3,(H2,24,25,26). The maximum Gasteiger partial charge on any atom is 0.191 e. The SMILES string of the molecule is CCN(CC)Cc1ccccc1CNC(=NC)NCC1COc2ccccc2O1. The minimum absolute atomic E-state index is 0.0570. The lowest BCUT2D eigenvalue weighted by molar-refractivity contribution is 0.0936. The molecule has 0 spiro atoms. The average Bonchev–Trinajstić information content (AvgIpc) is 2.78. The van der Waals surface area contributed by atoms with E-state index >= 15 is 0 Å². The van der Waals surface area contributed by atoms with Gasteiger partial charge in [-0.15, -0.1) is 0 Å². The zero-order valence-corrected chi connectivity index (χ0v) is 17.6. The molecule has 1 aliphatic rings. The van der Waals surface area contributed by atoms with Crippen LogP contribution in [0.25, 0.3) is 0 Å². The number of nitrogens with one attached hydrogen (secondary N) is 2. The molecule has 1 atom stereocenters. The summed E-state index contributed by atoms with van der Waals surface area (Å²) >= 11 is 0. The monoisotopic (exact) mass is 396 g/mol. The van der Waals surface area contributed by atoms with E-state index in [0.717, 1.165) is 43.6 Å². The molecule has 2 aromatic carbocycles. The quantitative estimate of drug-likeness (QED) is 0.531. The number of hydrogen-bond donors (Lipinski definition) is 2. The summed E-state index contributed by atoms with van der Waals surface area (Å²) in [5.41, 5.74) is 2.63. The number of guanidine groups is 1. The van der Waals surface area contributed by atoms with Gasteiger partial charge in [-0.25, -0.2) is 0 Å². The molecule has 0 bridgehead atoms. The van der Waals surface area contributed by atoms with E-state index in [0.29, 0.717) is 13.2 Å². The predicted octanol–water partition coefficient (Wildman–Crippen LogP) is 3.03. The van der Waals surface area contributed by atoms with E-state index in [-0.39, 0.29) is 6.10 Å². The van der Waals surface area contributed by atoms with Crippen LogP contribution in [-0.4, -0.2) is 50.3 Å². The van der Waals surface area contributed by atoms with E-state index in [9.17, 15) is 0 Å². The molecule has 29 heavy (non-hydrogen) atoms. The van der Waals surface area contributed by atoms with Gasteiger partial charge in [-0.1, -0.05) is 50.2 Å². The van der Waals surface area contributed by atoms with Crippen LogP contribution >= 0.6 is 0 Å². The lowest BCUT2D eigenvalue weighted by Gasteiger charge is -2.27. The molecular weight excluding hydrogens is 364 g/mol. The van der Waals surface area contributed by atoms with Crippen LogP contribution in [0.4, 0.5) is 0 Å². The average molecular weight is 397 g/mol. The number of para-hydroxylation sites is 2. The molecule has 156 valence electrons. The maximum absolute atomic E-state index is 6.00. The minimum Gasteiger partial charge on any atom is -0.486 e. The molecule has 2 aromatic rings. The number of benzene rings is 2. The van der Waals surface area contributed by atoms with Crippen molar-refractivity contribution in [3.8, 4) is 11.5 Å². The maximum atomic E-state index is 6.00. The fraction of sp³-hybridized carbons (Fsp3) is 0.435. The number of ether oxygens (including phenoxy) is 2. The third-order valence-electron chi connectivity index (χ3n) is 5.14. The van der Waals surface area contributed by atoms with Gasteiger partial charge in [-0.05, 0) is 36.3 Å². The molecule has 6 heteroatoms. The van der Waals surface area contributed by atoms with Gasteiger partial charge in [-0.2, -0.15) is 0 Å². The second-order valence-electron chi connectivity index (χ2n) is 7.03. The van der Waals surface area contributed by atoms with Crippen LogP contribution in [0.2, 0.25) is 0 Å². The van der Waals surface area contributed by atoms with Gasteiger partial charge in [0, 0.05) is 20.1 Å². The van der Waals surface area contributed by atoms with Gasteiger partial charge >= 0.3 is 0 Å². The molecular formula is C23H32N4O2. The molecule has 6 nitrogen and oxygen atoms in total. The minimum atomic E-state index is -0.0570. The van der Waals surface area contributed by atoms with Gasteiger partial charge < -0.3 is 20.1 Å². The third kappa shape index (κ3) is 5.87. The Labute approximate surface area is 173 Å². The first-order valence-electron chi connectivity index (χ1n) is 10.4. The van der Waals surface area contributed by atoms with Gasteiger partial charge in [0.05, 0.1) is 6.54 Å². The van der Waals surface area contributed by atoms with E-state index < -0.39 is 0 Å². The lowest BCUT2D eigenvalue weighted by Crippen LogP contribution is -2.45. The second kappa shape index (κ2) is 10.7. The van der Waals surface area contributed by atoms with E-state index in [1.54, 1.807) is 7.05 Å². The van der Waals surface area contributed by atoms with Crippen molar-refractivity contribution in [2.24, 2.45) is 4.99 Å².